The number of rotatable bonds is 11. The fourth-order valence-corrected chi connectivity index (χ4v) is 2.76. The molecule has 1 N–H and O–H groups in total. The summed E-state index contributed by atoms with van der Waals surface area (Å²) in [6.07, 6.45) is 4.47. The molecule has 7 heteroatoms. The van der Waals surface area contributed by atoms with E-state index in [0.29, 0.717) is 29.4 Å². The first-order valence-corrected chi connectivity index (χ1v) is 9.52. The number of hydrogen-bond acceptors (Lipinski definition) is 6. The van der Waals surface area contributed by atoms with Gasteiger partial charge in [0, 0.05) is 12.6 Å². The van der Waals surface area contributed by atoms with Gasteiger partial charge in [-0.05, 0) is 42.2 Å². The van der Waals surface area contributed by atoms with Crippen LogP contribution in [0.5, 0.6) is 17.2 Å². The van der Waals surface area contributed by atoms with Crippen molar-refractivity contribution in [3.05, 3.63) is 59.7 Å². The van der Waals surface area contributed by atoms with Crippen LogP contribution < -0.4 is 19.5 Å². The lowest BCUT2D eigenvalue weighted by molar-refractivity contribution is -0.143. The molecule has 0 aliphatic rings. The second kappa shape index (κ2) is 12.2. The number of benzene rings is 2. The summed E-state index contributed by atoms with van der Waals surface area (Å²) in [5.74, 6) is 0.448. The molecular formula is C23H27NO6. The molecule has 0 bridgehead atoms. The molecule has 0 saturated carbocycles. The number of hydrogen-bond donors (Lipinski definition) is 1. The molecule has 0 spiro atoms. The van der Waals surface area contributed by atoms with Crippen LogP contribution in [0.4, 0.5) is 0 Å². The summed E-state index contributed by atoms with van der Waals surface area (Å²) in [6.45, 7) is 0.191. The minimum atomic E-state index is -0.622. The summed E-state index contributed by atoms with van der Waals surface area (Å²) in [5, 5.41) is 2.74. The highest BCUT2D eigenvalue weighted by Gasteiger charge is 2.12. The Balaban J connectivity index is 1.77. The van der Waals surface area contributed by atoms with Gasteiger partial charge in [0.2, 0.25) is 5.75 Å². The summed E-state index contributed by atoms with van der Waals surface area (Å²) >= 11 is 0. The van der Waals surface area contributed by atoms with Crippen LogP contribution in [0, 0.1) is 0 Å². The maximum Gasteiger partial charge on any atom is 0.331 e. The van der Waals surface area contributed by atoms with Crippen LogP contribution in [0.1, 0.15) is 17.5 Å². The van der Waals surface area contributed by atoms with Gasteiger partial charge in [0.15, 0.2) is 18.1 Å². The van der Waals surface area contributed by atoms with E-state index in [-0.39, 0.29) is 12.5 Å². The molecule has 0 aliphatic heterocycles. The van der Waals surface area contributed by atoms with E-state index in [4.69, 9.17) is 18.9 Å². The van der Waals surface area contributed by atoms with E-state index in [1.807, 2.05) is 30.3 Å². The van der Waals surface area contributed by atoms with Crippen LogP contribution in [0.3, 0.4) is 0 Å². The maximum atomic E-state index is 11.9. The Morgan fingerprint density at radius 2 is 1.63 bits per heavy atom. The lowest BCUT2D eigenvalue weighted by Gasteiger charge is -2.12. The molecule has 0 aromatic heterocycles. The molecule has 1 amide bonds. The average molecular weight is 413 g/mol. The van der Waals surface area contributed by atoms with Gasteiger partial charge in [-0.2, -0.15) is 0 Å². The van der Waals surface area contributed by atoms with Crippen molar-refractivity contribution in [1.82, 2.24) is 5.32 Å². The van der Waals surface area contributed by atoms with Crippen LogP contribution in [-0.4, -0.2) is 46.4 Å². The molecule has 0 fully saturated rings. The van der Waals surface area contributed by atoms with Gasteiger partial charge in [0.1, 0.15) is 0 Å². The van der Waals surface area contributed by atoms with Gasteiger partial charge in [0.05, 0.1) is 21.3 Å². The molecule has 160 valence electrons. The van der Waals surface area contributed by atoms with Crippen molar-refractivity contribution in [1.29, 1.82) is 0 Å². The van der Waals surface area contributed by atoms with Gasteiger partial charge >= 0.3 is 5.97 Å². The van der Waals surface area contributed by atoms with Gasteiger partial charge in [0.25, 0.3) is 5.91 Å². The van der Waals surface area contributed by atoms with Crippen LogP contribution >= 0.6 is 0 Å². The fraction of sp³-hybridized carbons (Fsp3) is 0.304. The molecule has 2 rings (SSSR count). The first-order valence-electron chi connectivity index (χ1n) is 9.52. The van der Waals surface area contributed by atoms with E-state index in [1.54, 1.807) is 18.2 Å². The van der Waals surface area contributed by atoms with Gasteiger partial charge < -0.3 is 24.3 Å². The smallest absolute Gasteiger partial charge is 0.331 e. The van der Waals surface area contributed by atoms with Crippen LogP contribution in [0.15, 0.2) is 48.5 Å². The minimum Gasteiger partial charge on any atom is -0.493 e. The Bertz CT molecular complexity index is 838. The second-order valence-corrected chi connectivity index (χ2v) is 6.34. The van der Waals surface area contributed by atoms with Crippen LogP contribution in [0.25, 0.3) is 6.08 Å². The number of methoxy groups -OCH3 is 3. The Hall–Kier alpha value is -3.48. The summed E-state index contributed by atoms with van der Waals surface area (Å²) in [6, 6.07) is 13.4. The van der Waals surface area contributed by atoms with Crippen molar-refractivity contribution >= 4 is 18.0 Å². The van der Waals surface area contributed by atoms with E-state index in [0.717, 1.165) is 12.8 Å². The number of carbonyl (C=O) groups excluding carboxylic acids is 2. The normalized spacial score (nSPS) is 10.5. The maximum absolute atomic E-state index is 11.9. The number of carbonyl (C=O) groups is 2. The van der Waals surface area contributed by atoms with Crippen molar-refractivity contribution in [2.75, 3.05) is 34.5 Å². The summed E-state index contributed by atoms with van der Waals surface area (Å²) in [7, 11) is 4.54. The highest BCUT2D eigenvalue weighted by molar-refractivity contribution is 5.89. The molecule has 30 heavy (non-hydrogen) atoms. The number of amides is 1. The third kappa shape index (κ3) is 7.16. The van der Waals surface area contributed by atoms with E-state index in [1.165, 1.54) is 33.0 Å². The summed E-state index contributed by atoms with van der Waals surface area (Å²) in [4.78, 5) is 23.7. The monoisotopic (exact) mass is 413 g/mol. The molecule has 2 aromatic rings. The zero-order valence-electron chi connectivity index (χ0n) is 17.5. The van der Waals surface area contributed by atoms with Gasteiger partial charge in [-0.3, -0.25) is 4.79 Å². The first-order chi connectivity index (χ1) is 14.6. The number of esters is 1. The SMILES string of the molecule is COc1cc(/C=C/C(=O)OCC(=O)NCCCc2ccccc2)cc(OC)c1OC. The highest BCUT2D eigenvalue weighted by atomic mass is 16.5. The van der Waals surface area contributed by atoms with E-state index < -0.39 is 5.97 Å². The standard InChI is InChI=1S/C23H27NO6/c1-27-19-14-18(15-20(28-2)23(19)29-3)11-12-22(26)30-16-21(25)24-13-7-10-17-8-5-4-6-9-17/h4-6,8-9,11-12,14-15H,7,10,13,16H2,1-3H3,(H,24,25)/b12-11+. The first kappa shape index (κ1) is 22.8. The van der Waals surface area contributed by atoms with E-state index in [9.17, 15) is 9.59 Å². The molecule has 0 radical (unpaired) electrons. The average Bonchev–Trinajstić information content (AvgIpc) is 2.78. The third-order valence-corrected chi connectivity index (χ3v) is 4.25. The lowest BCUT2D eigenvalue weighted by atomic mass is 10.1. The lowest BCUT2D eigenvalue weighted by Crippen LogP contribution is -2.29. The molecule has 7 nitrogen and oxygen atoms in total. The van der Waals surface area contributed by atoms with Crippen molar-refractivity contribution in [3.8, 4) is 17.2 Å². The highest BCUT2D eigenvalue weighted by Crippen LogP contribution is 2.38. The predicted octanol–water partition coefficient (Wildman–Crippen LogP) is 3.02. The molecular weight excluding hydrogens is 386 g/mol. The van der Waals surface area contributed by atoms with Crippen molar-refractivity contribution in [2.45, 2.75) is 12.8 Å². The van der Waals surface area contributed by atoms with E-state index >= 15 is 0 Å². The summed E-state index contributed by atoms with van der Waals surface area (Å²) < 4.78 is 20.8. The van der Waals surface area contributed by atoms with Crippen molar-refractivity contribution in [2.24, 2.45) is 0 Å². The topological polar surface area (TPSA) is 83.1 Å². The molecule has 2 aromatic carbocycles. The molecule has 0 aliphatic carbocycles. The molecule has 0 heterocycles. The third-order valence-electron chi connectivity index (χ3n) is 4.25. The Morgan fingerprint density at radius 1 is 0.967 bits per heavy atom. The number of aryl methyl sites for hydroxylation is 1. The largest absolute Gasteiger partial charge is 0.493 e. The summed E-state index contributed by atoms with van der Waals surface area (Å²) in [5.41, 5.74) is 1.88. The number of ether oxygens (including phenoxy) is 4. The van der Waals surface area contributed by atoms with Crippen LogP contribution in [-0.2, 0) is 20.7 Å². The predicted molar refractivity (Wildman–Crippen MR) is 114 cm³/mol. The molecule has 0 saturated heterocycles. The van der Waals surface area contributed by atoms with Gasteiger partial charge in [-0.1, -0.05) is 30.3 Å². The Labute approximate surface area is 176 Å². The zero-order valence-corrected chi connectivity index (χ0v) is 17.5. The molecule has 0 atom stereocenters. The van der Waals surface area contributed by atoms with Crippen molar-refractivity contribution < 1.29 is 28.5 Å². The number of nitrogens with one attached hydrogen (secondary N) is 1. The van der Waals surface area contributed by atoms with Gasteiger partial charge in [-0.15, -0.1) is 0 Å². The van der Waals surface area contributed by atoms with E-state index in [2.05, 4.69) is 5.32 Å². The molecule has 0 unspecified atom stereocenters. The van der Waals surface area contributed by atoms with Crippen LogP contribution in [0.2, 0.25) is 0 Å². The second-order valence-electron chi connectivity index (χ2n) is 6.34. The minimum absolute atomic E-state index is 0.330. The van der Waals surface area contributed by atoms with Gasteiger partial charge in [-0.25, -0.2) is 4.79 Å². The Morgan fingerprint density at radius 3 is 2.23 bits per heavy atom. The zero-order chi connectivity index (χ0) is 21.8. The fourth-order valence-electron chi connectivity index (χ4n) is 2.76. The van der Waals surface area contributed by atoms with Crippen molar-refractivity contribution in [3.63, 3.8) is 0 Å². The quantitative estimate of drug-likeness (QED) is 0.346. The Kier molecular flexibility index (Phi) is 9.24.